The molecule has 0 unspecified atom stereocenters. The number of hydrogen-bond donors (Lipinski definition) is 0. The highest BCUT2D eigenvalue weighted by Gasteiger charge is 2.14. The molecule has 0 aliphatic rings. The van der Waals surface area contributed by atoms with Crippen LogP contribution < -0.4 is 9.47 Å². The van der Waals surface area contributed by atoms with Crippen molar-refractivity contribution in [2.75, 3.05) is 7.11 Å². The predicted octanol–water partition coefficient (Wildman–Crippen LogP) is 5.90. The molecule has 0 aromatic heterocycles. The summed E-state index contributed by atoms with van der Waals surface area (Å²) in [6, 6.07) is 21.0. The van der Waals surface area contributed by atoms with Gasteiger partial charge in [0.05, 0.1) is 28.7 Å². The Kier molecular flexibility index (Phi) is 6.68. The molecule has 0 fully saturated rings. The second-order valence-corrected chi connectivity index (χ2v) is 6.69. The Morgan fingerprint density at radius 2 is 1.93 bits per heavy atom. The van der Waals surface area contributed by atoms with Crippen molar-refractivity contribution in [1.82, 2.24) is 0 Å². The molecular weight excluding hydrogens is 404 g/mol. The van der Waals surface area contributed by atoms with Gasteiger partial charge in [-0.3, -0.25) is 10.1 Å². The fourth-order valence-corrected chi connectivity index (χ4v) is 3.10. The van der Waals surface area contributed by atoms with Crippen LogP contribution in [0, 0.1) is 21.4 Å². The summed E-state index contributed by atoms with van der Waals surface area (Å²) in [4.78, 5) is 10.5. The molecule has 0 saturated carbocycles. The van der Waals surface area contributed by atoms with E-state index in [1.807, 2.05) is 30.3 Å². The average Bonchev–Trinajstić information content (AvgIpc) is 2.77. The van der Waals surface area contributed by atoms with Gasteiger partial charge in [0.15, 0.2) is 11.5 Å². The summed E-state index contributed by atoms with van der Waals surface area (Å²) < 4.78 is 11.3. The van der Waals surface area contributed by atoms with Crippen molar-refractivity contribution in [1.29, 1.82) is 5.26 Å². The fraction of sp³-hybridized carbons (Fsp3) is 0.0870. The van der Waals surface area contributed by atoms with Gasteiger partial charge < -0.3 is 9.47 Å². The lowest BCUT2D eigenvalue weighted by Crippen LogP contribution is -1.99. The summed E-state index contributed by atoms with van der Waals surface area (Å²) in [5, 5.41) is 20.9. The fourth-order valence-electron chi connectivity index (χ4n) is 2.83. The van der Waals surface area contributed by atoms with Crippen molar-refractivity contribution in [3.8, 4) is 17.6 Å². The largest absolute Gasteiger partial charge is 0.493 e. The maximum absolute atomic E-state index is 11.0. The first-order valence-electron chi connectivity index (χ1n) is 8.92. The Labute approximate surface area is 178 Å². The van der Waals surface area contributed by atoms with Crippen LogP contribution in [0.3, 0.4) is 0 Å². The van der Waals surface area contributed by atoms with Crippen molar-refractivity contribution in [2.24, 2.45) is 0 Å². The van der Waals surface area contributed by atoms with Crippen molar-refractivity contribution >= 4 is 28.9 Å². The van der Waals surface area contributed by atoms with Crippen molar-refractivity contribution < 1.29 is 14.4 Å². The zero-order valence-electron chi connectivity index (χ0n) is 16.0. The summed E-state index contributed by atoms with van der Waals surface area (Å²) >= 11 is 6.41. The molecule has 0 heterocycles. The average molecular weight is 421 g/mol. The molecule has 0 amide bonds. The maximum Gasteiger partial charge on any atom is 0.270 e. The van der Waals surface area contributed by atoms with Gasteiger partial charge in [-0.05, 0) is 34.9 Å². The minimum atomic E-state index is -0.503. The van der Waals surface area contributed by atoms with Gasteiger partial charge in [-0.25, -0.2) is 0 Å². The van der Waals surface area contributed by atoms with E-state index in [4.69, 9.17) is 21.1 Å². The van der Waals surface area contributed by atoms with Crippen LogP contribution in [-0.2, 0) is 6.61 Å². The van der Waals surface area contributed by atoms with Crippen LogP contribution in [0.15, 0.2) is 66.7 Å². The third kappa shape index (κ3) is 4.96. The predicted molar refractivity (Wildman–Crippen MR) is 115 cm³/mol. The van der Waals surface area contributed by atoms with Crippen LogP contribution in [0.25, 0.3) is 11.6 Å². The van der Waals surface area contributed by atoms with E-state index >= 15 is 0 Å². The molecule has 0 radical (unpaired) electrons. The molecule has 3 rings (SSSR count). The molecule has 0 saturated heterocycles. The molecule has 6 nitrogen and oxygen atoms in total. The third-order valence-electron chi connectivity index (χ3n) is 4.28. The van der Waals surface area contributed by atoms with Gasteiger partial charge in [-0.15, -0.1) is 0 Å². The Bertz CT molecular complexity index is 1140. The highest BCUT2D eigenvalue weighted by Crippen LogP contribution is 2.38. The quantitative estimate of drug-likeness (QED) is 0.205. The van der Waals surface area contributed by atoms with E-state index in [-0.39, 0.29) is 11.3 Å². The number of nitro groups is 1. The lowest BCUT2D eigenvalue weighted by atomic mass is 10.0. The molecule has 7 heteroatoms. The summed E-state index contributed by atoms with van der Waals surface area (Å²) in [6.45, 7) is 0.323. The molecule has 0 spiro atoms. The van der Waals surface area contributed by atoms with Crippen molar-refractivity contribution in [2.45, 2.75) is 6.61 Å². The summed E-state index contributed by atoms with van der Waals surface area (Å²) in [5.41, 5.74) is 2.19. The SMILES string of the molecule is COc1cc(/C=C(/C#N)c2cccc([N+](=O)[O-])c2)cc(Cl)c1OCc1ccccc1. The van der Waals surface area contributed by atoms with E-state index in [2.05, 4.69) is 6.07 Å². The number of nitriles is 1. The number of allylic oxidation sites excluding steroid dienone is 1. The van der Waals surface area contributed by atoms with Gasteiger partial charge in [-0.2, -0.15) is 5.26 Å². The second-order valence-electron chi connectivity index (χ2n) is 6.29. The number of nitro benzene ring substituents is 1. The molecule has 3 aromatic rings. The van der Waals surface area contributed by atoms with Gasteiger partial charge in [0.25, 0.3) is 5.69 Å². The van der Waals surface area contributed by atoms with E-state index < -0.39 is 4.92 Å². The Hall–Kier alpha value is -3.82. The first-order valence-corrected chi connectivity index (χ1v) is 9.30. The molecule has 0 bridgehead atoms. The van der Waals surface area contributed by atoms with E-state index in [0.29, 0.717) is 34.3 Å². The number of rotatable bonds is 7. The van der Waals surface area contributed by atoms with Crippen LogP contribution >= 0.6 is 11.6 Å². The summed E-state index contributed by atoms with van der Waals surface area (Å²) in [7, 11) is 1.50. The Balaban J connectivity index is 1.92. The first kappa shape index (κ1) is 20.9. The van der Waals surface area contributed by atoms with Crippen molar-refractivity contribution in [3.63, 3.8) is 0 Å². The molecular formula is C23H17ClN2O4. The molecule has 0 aliphatic carbocycles. The molecule has 30 heavy (non-hydrogen) atoms. The number of nitrogens with zero attached hydrogens (tertiary/aromatic N) is 2. The van der Waals surface area contributed by atoms with E-state index in [9.17, 15) is 15.4 Å². The molecule has 0 N–H and O–H groups in total. The van der Waals surface area contributed by atoms with Gasteiger partial charge in [-0.1, -0.05) is 54.1 Å². The Morgan fingerprint density at radius 3 is 2.60 bits per heavy atom. The number of benzene rings is 3. The van der Waals surface area contributed by atoms with E-state index in [0.717, 1.165) is 5.56 Å². The maximum atomic E-state index is 11.0. The van der Waals surface area contributed by atoms with Crippen LogP contribution in [-0.4, -0.2) is 12.0 Å². The molecule has 150 valence electrons. The van der Waals surface area contributed by atoms with Gasteiger partial charge in [0, 0.05) is 12.1 Å². The highest BCUT2D eigenvalue weighted by atomic mass is 35.5. The zero-order chi connectivity index (χ0) is 21.5. The summed E-state index contributed by atoms with van der Waals surface area (Å²) in [6.07, 6.45) is 1.59. The molecule has 0 aliphatic heterocycles. The second kappa shape index (κ2) is 9.59. The Morgan fingerprint density at radius 1 is 1.17 bits per heavy atom. The highest BCUT2D eigenvalue weighted by molar-refractivity contribution is 6.32. The van der Waals surface area contributed by atoms with Crippen molar-refractivity contribution in [3.05, 3.63) is 98.6 Å². The number of hydrogen-bond acceptors (Lipinski definition) is 5. The lowest BCUT2D eigenvalue weighted by molar-refractivity contribution is -0.384. The van der Waals surface area contributed by atoms with Gasteiger partial charge in [0.2, 0.25) is 0 Å². The first-order chi connectivity index (χ1) is 14.5. The smallest absolute Gasteiger partial charge is 0.270 e. The van der Waals surface area contributed by atoms with E-state index in [1.54, 1.807) is 24.3 Å². The zero-order valence-corrected chi connectivity index (χ0v) is 16.8. The van der Waals surface area contributed by atoms with Gasteiger partial charge in [0.1, 0.15) is 6.61 Å². The van der Waals surface area contributed by atoms with E-state index in [1.165, 1.54) is 25.3 Å². The summed E-state index contributed by atoms with van der Waals surface area (Å²) in [5.74, 6) is 0.815. The monoisotopic (exact) mass is 420 g/mol. The standard InChI is InChI=1S/C23H17ClN2O4/c1-29-22-12-17(10-19(14-25)18-8-5-9-20(13-18)26(27)28)11-21(24)23(22)30-15-16-6-3-2-4-7-16/h2-13H,15H2,1H3/b19-10-. The normalized spacial score (nSPS) is 10.9. The minimum absolute atomic E-state index is 0.0890. The topological polar surface area (TPSA) is 85.4 Å². The van der Waals surface area contributed by atoms with Crippen LogP contribution in [0.1, 0.15) is 16.7 Å². The van der Waals surface area contributed by atoms with Crippen LogP contribution in [0.2, 0.25) is 5.02 Å². The van der Waals surface area contributed by atoms with Crippen LogP contribution in [0.4, 0.5) is 5.69 Å². The molecule has 3 aromatic carbocycles. The molecule has 0 atom stereocenters. The number of non-ortho nitro benzene ring substituents is 1. The van der Waals surface area contributed by atoms with Crippen LogP contribution in [0.5, 0.6) is 11.5 Å². The third-order valence-corrected chi connectivity index (χ3v) is 4.56. The number of halogens is 1. The number of ether oxygens (including phenoxy) is 2. The minimum Gasteiger partial charge on any atom is -0.493 e. The number of methoxy groups -OCH3 is 1. The van der Waals surface area contributed by atoms with Gasteiger partial charge >= 0.3 is 0 Å². The lowest BCUT2D eigenvalue weighted by Gasteiger charge is -2.13.